The molecule has 2 rings (SSSR count). The van der Waals surface area contributed by atoms with Gasteiger partial charge in [0.15, 0.2) is 11.3 Å². The molecule has 1 unspecified atom stereocenters. The van der Waals surface area contributed by atoms with E-state index in [-0.39, 0.29) is 5.78 Å². The molecular formula is C14H17NO3. The monoisotopic (exact) mass is 247 g/mol. The maximum atomic E-state index is 11.9. The maximum absolute atomic E-state index is 11.9. The third-order valence-electron chi connectivity index (χ3n) is 3.69. The summed E-state index contributed by atoms with van der Waals surface area (Å²) in [5, 5.41) is 9.42. The minimum Gasteiger partial charge on any atom is -0.480 e. The van der Waals surface area contributed by atoms with Gasteiger partial charge in [0.05, 0.1) is 0 Å². The molecule has 1 heterocycles. The fourth-order valence-corrected chi connectivity index (χ4v) is 2.65. The maximum Gasteiger partial charge on any atom is 0.331 e. The lowest BCUT2D eigenvalue weighted by Gasteiger charge is -2.32. The molecule has 0 spiro atoms. The summed E-state index contributed by atoms with van der Waals surface area (Å²) in [6, 6.07) is 9.66. The van der Waals surface area contributed by atoms with E-state index in [1.807, 2.05) is 30.3 Å². The average molecular weight is 247 g/mol. The highest BCUT2D eigenvalue weighted by atomic mass is 16.4. The highest BCUT2D eigenvalue weighted by molar-refractivity contribution is 6.09. The van der Waals surface area contributed by atoms with Crippen molar-refractivity contribution in [3.05, 3.63) is 35.9 Å². The number of aliphatic carboxylic acids is 1. The molecule has 1 fully saturated rings. The number of hydrogen-bond acceptors (Lipinski definition) is 3. The second kappa shape index (κ2) is 4.90. The Bertz CT molecular complexity index is 457. The Morgan fingerprint density at radius 3 is 2.61 bits per heavy atom. The van der Waals surface area contributed by atoms with Crippen LogP contribution in [-0.2, 0) is 16.1 Å². The predicted octanol–water partition coefficient (Wildman–Crippen LogP) is 1.69. The molecule has 1 aromatic carbocycles. The summed E-state index contributed by atoms with van der Waals surface area (Å²) in [7, 11) is 0. The Labute approximate surface area is 106 Å². The molecule has 1 N–H and O–H groups in total. The number of Topliss-reactive ketones (excluding diaryl/α,β-unsaturated/α-hetero) is 1. The standard InChI is InChI=1S/C14H17NO3/c1-2-14(13(17)18)12(16)8-9-15(14)10-11-6-4-3-5-7-11/h3-7H,2,8-10H2,1H3,(H,17,18). The van der Waals surface area contributed by atoms with Crippen molar-refractivity contribution in [3.63, 3.8) is 0 Å². The van der Waals surface area contributed by atoms with Crippen LogP contribution >= 0.6 is 0 Å². The zero-order chi connectivity index (χ0) is 13.2. The lowest BCUT2D eigenvalue weighted by molar-refractivity contribution is -0.154. The molecule has 4 heteroatoms. The minimum atomic E-state index is -1.32. The predicted molar refractivity (Wildman–Crippen MR) is 67.1 cm³/mol. The zero-order valence-electron chi connectivity index (χ0n) is 10.4. The number of likely N-dealkylation sites (tertiary alicyclic amines) is 1. The van der Waals surface area contributed by atoms with E-state index in [4.69, 9.17) is 0 Å². The van der Waals surface area contributed by atoms with Gasteiger partial charge < -0.3 is 5.11 Å². The van der Waals surface area contributed by atoms with E-state index in [1.54, 1.807) is 11.8 Å². The minimum absolute atomic E-state index is 0.173. The van der Waals surface area contributed by atoms with Crippen molar-refractivity contribution < 1.29 is 14.7 Å². The first-order chi connectivity index (χ1) is 8.61. The largest absolute Gasteiger partial charge is 0.480 e. The molecule has 0 bridgehead atoms. The van der Waals surface area contributed by atoms with Crippen molar-refractivity contribution in [3.8, 4) is 0 Å². The second-order valence-electron chi connectivity index (χ2n) is 4.60. The number of benzene rings is 1. The smallest absolute Gasteiger partial charge is 0.331 e. The number of carbonyl (C=O) groups excluding carboxylic acids is 1. The number of rotatable bonds is 4. The van der Waals surface area contributed by atoms with Crippen LogP contribution in [0.15, 0.2) is 30.3 Å². The van der Waals surface area contributed by atoms with E-state index in [2.05, 4.69) is 0 Å². The van der Waals surface area contributed by atoms with Gasteiger partial charge in [0.25, 0.3) is 0 Å². The van der Waals surface area contributed by atoms with Gasteiger partial charge in [0.2, 0.25) is 0 Å². The van der Waals surface area contributed by atoms with Crippen molar-refractivity contribution in [2.45, 2.75) is 31.8 Å². The van der Waals surface area contributed by atoms with Crippen LogP contribution in [0.25, 0.3) is 0 Å². The van der Waals surface area contributed by atoms with Crippen LogP contribution in [-0.4, -0.2) is 33.8 Å². The molecule has 1 aliphatic rings. The van der Waals surface area contributed by atoms with Crippen LogP contribution in [0, 0.1) is 0 Å². The molecule has 0 amide bonds. The second-order valence-corrected chi connectivity index (χ2v) is 4.60. The summed E-state index contributed by atoms with van der Waals surface area (Å²) in [5.41, 5.74) is -0.290. The molecule has 0 aliphatic carbocycles. The van der Waals surface area contributed by atoms with Crippen molar-refractivity contribution in [1.82, 2.24) is 4.90 Å². The number of nitrogens with zero attached hydrogens (tertiary/aromatic N) is 1. The van der Waals surface area contributed by atoms with Gasteiger partial charge in [-0.25, -0.2) is 4.79 Å². The van der Waals surface area contributed by atoms with E-state index < -0.39 is 11.5 Å². The van der Waals surface area contributed by atoms with Crippen LogP contribution < -0.4 is 0 Å². The molecule has 0 aromatic heterocycles. The highest BCUT2D eigenvalue weighted by Crippen LogP contribution is 2.31. The Morgan fingerprint density at radius 1 is 1.39 bits per heavy atom. The first-order valence-corrected chi connectivity index (χ1v) is 6.17. The quantitative estimate of drug-likeness (QED) is 0.823. The van der Waals surface area contributed by atoms with Crippen LogP contribution in [0.2, 0.25) is 0 Å². The van der Waals surface area contributed by atoms with Crippen LogP contribution in [0.5, 0.6) is 0 Å². The van der Waals surface area contributed by atoms with Crippen molar-refractivity contribution in [2.75, 3.05) is 6.54 Å². The molecule has 96 valence electrons. The summed E-state index contributed by atoms with van der Waals surface area (Å²) >= 11 is 0. The van der Waals surface area contributed by atoms with Gasteiger partial charge in [-0.05, 0) is 12.0 Å². The van der Waals surface area contributed by atoms with Crippen molar-refractivity contribution >= 4 is 11.8 Å². The van der Waals surface area contributed by atoms with Gasteiger partial charge in [0, 0.05) is 19.5 Å². The molecule has 1 atom stereocenters. The van der Waals surface area contributed by atoms with Gasteiger partial charge in [-0.3, -0.25) is 9.69 Å². The number of carbonyl (C=O) groups is 2. The Hall–Kier alpha value is -1.68. The van der Waals surface area contributed by atoms with E-state index in [1.165, 1.54) is 0 Å². The van der Waals surface area contributed by atoms with Gasteiger partial charge >= 0.3 is 5.97 Å². The third-order valence-corrected chi connectivity index (χ3v) is 3.69. The SMILES string of the molecule is CCC1(C(=O)O)C(=O)CCN1Cc1ccccc1. The van der Waals surface area contributed by atoms with E-state index >= 15 is 0 Å². The summed E-state index contributed by atoms with van der Waals surface area (Å²) in [6.07, 6.45) is 0.640. The number of carboxylic acids is 1. The van der Waals surface area contributed by atoms with Gasteiger partial charge in [-0.1, -0.05) is 37.3 Å². The first-order valence-electron chi connectivity index (χ1n) is 6.17. The average Bonchev–Trinajstić information content (AvgIpc) is 2.68. The summed E-state index contributed by atoms with van der Waals surface area (Å²) in [5.74, 6) is -1.20. The topological polar surface area (TPSA) is 57.6 Å². The molecular weight excluding hydrogens is 230 g/mol. The molecule has 4 nitrogen and oxygen atoms in total. The number of hydrogen-bond donors (Lipinski definition) is 1. The fraction of sp³-hybridized carbons (Fsp3) is 0.429. The molecule has 1 saturated heterocycles. The van der Waals surface area contributed by atoms with E-state index in [0.717, 1.165) is 5.56 Å². The molecule has 0 saturated carbocycles. The normalized spacial score (nSPS) is 24.4. The third kappa shape index (κ3) is 1.93. The van der Waals surface area contributed by atoms with Crippen molar-refractivity contribution in [2.24, 2.45) is 0 Å². The molecule has 0 radical (unpaired) electrons. The Balaban J connectivity index is 2.27. The summed E-state index contributed by atoms with van der Waals surface area (Å²) in [6.45, 7) is 2.79. The van der Waals surface area contributed by atoms with E-state index in [0.29, 0.717) is 25.9 Å². The van der Waals surface area contributed by atoms with Crippen LogP contribution in [0.4, 0.5) is 0 Å². The molecule has 18 heavy (non-hydrogen) atoms. The van der Waals surface area contributed by atoms with Crippen molar-refractivity contribution in [1.29, 1.82) is 0 Å². The highest BCUT2D eigenvalue weighted by Gasteiger charge is 2.52. The fourth-order valence-electron chi connectivity index (χ4n) is 2.65. The number of carboxylic acid groups (broad SMARTS) is 1. The lowest BCUT2D eigenvalue weighted by Crippen LogP contribution is -2.54. The van der Waals surface area contributed by atoms with Gasteiger partial charge in [-0.2, -0.15) is 0 Å². The van der Waals surface area contributed by atoms with Gasteiger partial charge in [-0.15, -0.1) is 0 Å². The van der Waals surface area contributed by atoms with Crippen LogP contribution in [0.1, 0.15) is 25.3 Å². The van der Waals surface area contributed by atoms with Crippen LogP contribution in [0.3, 0.4) is 0 Å². The Morgan fingerprint density at radius 2 is 2.06 bits per heavy atom. The number of ketones is 1. The van der Waals surface area contributed by atoms with E-state index in [9.17, 15) is 14.7 Å². The zero-order valence-corrected chi connectivity index (χ0v) is 10.4. The molecule has 1 aromatic rings. The molecule has 1 aliphatic heterocycles. The van der Waals surface area contributed by atoms with Gasteiger partial charge in [0.1, 0.15) is 0 Å². The lowest BCUT2D eigenvalue weighted by atomic mass is 9.91. The summed E-state index contributed by atoms with van der Waals surface area (Å²) < 4.78 is 0. The first kappa shape index (κ1) is 12.8. The summed E-state index contributed by atoms with van der Waals surface area (Å²) in [4.78, 5) is 25.2. The Kier molecular flexibility index (Phi) is 3.48.